The molecule has 4 heteroatoms. The number of hydrogen-bond donors (Lipinski definition) is 1. The zero-order valence-electron chi connectivity index (χ0n) is 14.7. The third-order valence-corrected chi connectivity index (χ3v) is 4.51. The molecule has 0 aromatic heterocycles. The average Bonchev–Trinajstić information content (AvgIpc) is 2.46. The van der Waals surface area contributed by atoms with Gasteiger partial charge in [0.2, 0.25) is 5.91 Å². The molecule has 0 aromatic rings. The Morgan fingerprint density at radius 2 is 1.90 bits per heavy atom. The van der Waals surface area contributed by atoms with Gasteiger partial charge in [-0.3, -0.25) is 4.79 Å². The summed E-state index contributed by atoms with van der Waals surface area (Å²) in [5, 5.41) is 3.43. The molecule has 2 unspecified atom stereocenters. The van der Waals surface area contributed by atoms with Gasteiger partial charge in [-0.1, -0.05) is 34.6 Å². The van der Waals surface area contributed by atoms with Gasteiger partial charge in [0.1, 0.15) is 0 Å². The van der Waals surface area contributed by atoms with Crippen molar-refractivity contribution in [3.05, 3.63) is 0 Å². The van der Waals surface area contributed by atoms with E-state index in [1.54, 1.807) is 0 Å². The number of carbonyl (C=O) groups excluding carboxylic acids is 1. The quantitative estimate of drug-likeness (QED) is 0.746. The summed E-state index contributed by atoms with van der Waals surface area (Å²) >= 11 is 0. The zero-order valence-corrected chi connectivity index (χ0v) is 14.7. The van der Waals surface area contributed by atoms with Gasteiger partial charge in [0.25, 0.3) is 0 Å². The molecule has 1 fully saturated rings. The van der Waals surface area contributed by atoms with Crippen LogP contribution >= 0.6 is 0 Å². The van der Waals surface area contributed by atoms with Gasteiger partial charge in [-0.05, 0) is 44.3 Å². The van der Waals surface area contributed by atoms with Crippen LogP contribution in [0.3, 0.4) is 0 Å². The average molecular weight is 297 g/mol. The normalized spacial score (nSPS) is 22.8. The summed E-state index contributed by atoms with van der Waals surface area (Å²) in [5.41, 5.74) is 0. The molecule has 1 aliphatic rings. The molecule has 124 valence electrons. The minimum Gasteiger partial charge on any atom is -0.340 e. The molecule has 0 aromatic carbocycles. The minimum absolute atomic E-state index is 0.0224. The Bertz CT molecular complexity index is 302. The van der Waals surface area contributed by atoms with Crippen molar-refractivity contribution in [2.75, 3.05) is 39.3 Å². The Morgan fingerprint density at radius 1 is 1.24 bits per heavy atom. The molecule has 1 rings (SSSR count). The van der Waals surface area contributed by atoms with Crippen molar-refractivity contribution >= 4 is 5.91 Å². The largest absolute Gasteiger partial charge is 0.340 e. The molecule has 4 nitrogen and oxygen atoms in total. The van der Waals surface area contributed by atoms with Crippen molar-refractivity contribution in [1.82, 2.24) is 15.1 Å². The highest BCUT2D eigenvalue weighted by molar-refractivity contribution is 5.82. The van der Waals surface area contributed by atoms with Crippen molar-refractivity contribution in [1.29, 1.82) is 0 Å². The molecule has 21 heavy (non-hydrogen) atoms. The third-order valence-electron chi connectivity index (χ3n) is 4.51. The molecule has 1 N–H and O–H groups in total. The number of nitrogens with zero attached hydrogens (tertiary/aromatic N) is 2. The van der Waals surface area contributed by atoms with E-state index in [1.807, 2.05) is 0 Å². The SMILES string of the molecule is CCN(CC)CCN(CC(C)C)C(=O)C1NCCCC1C. The second kappa shape index (κ2) is 9.42. The molecular formula is C17H35N3O. The first kappa shape index (κ1) is 18.4. The first-order valence-electron chi connectivity index (χ1n) is 8.74. The van der Waals surface area contributed by atoms with Gasteiger partial charge in [0.15, 0.2) is 0 Å². The maximum absolute atomic E-state index is 12.9. The molecule has 0 spiro atoms. The fourth-order valence-corrected chi connectivity index (χ4v) is 3.11. The topological polar surface area (TPSA) is 35.6 Å². The molecule has 1 heterocycles. The van der Waals surface area contributed by atoms with Crippen LogP contribution in [-0.2, 0) is 4.79 Å². The number of piperidine rings is 1. The summed E-state index contributed by atoms with van der Waals surface area (Å²) in [6.07, 6.45) is 2.35. The van der Waals surface area contributed by atoms with Crippen molar-refractivity contribution in [2.24, 2.45) is 11.8 Å². The highest BCUT2D eigenvalue weighted by Gasteiger charge is 2.31. The van der Waals surface area contributed by atoms with Crippen LogP contribution in [0.1, 0.15) is 47.5 Å². The Labute approximate surface area is 131 Å². The first-order chi connectivity index (χ1) is 9.99. The Balaban J connectivity index is 2.64. The lowest BCUT2D eigenvalue weighted by atomic mass is 9.91. The molecule has 0 aliphatic carbocycles. The smallest absolute Gasteiger partial charge is 0.240 e. The lowest BCUT2D eigenvalue weighted by Gasteiger charge is -2.35. The van der Waals surface area contributed by atoms with Crippen molar-refractivity contribution < 1.29 is 4.79 Å². The Kier molecular flexibility index (Phi) is 8.27. The van der Waals surface area contributed by atoms with Crippen LogP contribution in [0.25, 0.3) is 0 Å². The summed E-state index contributed by atoms with van der Waals surface area (Å²) in [6, 6.07) is 0.0224. The first-order valence-corrected chi connectivity index (χ1v) is 8.74. The van der Waals surface area contributed by atoms with Crippen LogP contribution in [0.15, 0.2) is 0 Å². The van der Waals surface area contributed by atoms with E-state index in [1.165, 1.54) is 6.42 Å². The van der Waals surface area contributed by atoms with Gasteiger partial charge in [-0.25, -0.2) is 0 Å². The van der Waals surface area contributed by atoms with E-state index in [0.29, 0.717) is 17.7 Å². The molecule has 1 aliphatic heterocycles. The minimum atomic E-state index is 0.0224. The fraction of sp³-hybridized carbons (Fsp3) is 0.941. The maximum atomic E-state index is 12.9. The van der Waals surface area contributed by atoms with Crippen LogP contribution in [-0.4, -0.2) is 61.0 Å². The van der Waals surface area contributed by atoms with Crippen LogP contribution in [0, 0.1) is 11.8 Å². The van der Waals surface area contributed by atoms with Crippen molar-refractivity contribution in [3.63, 3.8) is 0 Å². The second-order valence-corrected chi connectivity index (χ2v) is 6.76. The van der Waals surface area contributed by atoms with Crippen LogP contribution in [0.2, 0.25) is 0 Å². The summed E-state index contributed by atoms with van der Waals surface area (Å²) < 4.78 is 0. The predicted molar refractivity (Wildman–Crippen MR) is 89.4 cm³/mol. The summed E-state index contributed by atoms with van der Waals surface area (Å²) in [5.74, 6) is 1.28. The van der Waals surface area contributed by atoms with Gasteiger partial charge in [0.05, 0.1) is 6.04 Å². The standard InChI is InChI=1S/C17H35N3O/c1-6-19(7-2)11-12-20(13-14(3)4)17(21)16-15(5)9-8-10-18-16/h14-16,18H,6-13H2,1-5H3. The summed E-state index contributed by atoms with van der Waals surface area (Å²) in [6.45, 7) is 16.7. The van der Waals surface area contributed by atoms with Gasteiger partial charge < -0.3 is 15.1 Å². The molecular weight excluding hydrogens is 262 g/mol. The molecule has 0 radical (unpaired) electrons. The Hall–Kier alpha value is -0.610. The van der Waals surface area contributed by atoms with E-state index in [0.717, 1.165) is 45.7 Å². The predicted octanol–water partition coefficient (Wildman–Crippen LogP) is 2.20. The number of carbonyl (C=O) groups is 1. The van der Waals surface area contributed by atoms with E-state index in [2.05, 4.69) is 49.7 Å². The number of amides is 1. The molecule has 2 atom stereocenters. The highest BCUT2D eigenvalue weighted by atomic mass is 16.2. The molecule has 1 amide bonds. The maximum Gasteiger partial charge on any atom is 0.240 e. The Morgan fingerprint density at radius 3 is 2.43 bits per heavy atom. The molecule has 0 bridgehead atoms. The zero-order chi connectivity index (χ0) is 15.8. The van der Waals surface area contributed by atoms with Gasteiger partial charge in [0, 0.05) is 19.6 Å². The van der Waals surface area contributed by atoms with E-state index >= 15 is 0 Å². The summed E-state index contributed by atoms with van der Waals surface area (Å²) in [4.78, 5) is 17.4. The highest BCUT2D eigenvalue weighted by Crippen LogP contribution is 2.18. The lowest BCUT2D eigenvalue weighted by Crippen LogP contribution is -2.54. The third kappa shape index (κ3) is 5.95. The van der Waals surface area contributed by atoms with E-state index in [4.69, 9.17) is 0 Å². The van der Waals surface area contributed by atoms with Gasteiger partial charge in [-0.15, -0.1) is 0 Å². The van der Waals surface area contributed by atoms with E-state index in [-0.39, 0.29) is 6.04 Å². The molecule has 0 saturated carbocycles. The van der Waals surface area contributed by atoms with Crippen LogP contribution in [0.4, 0.5) is 0 Å². The number of likely N-dealkylation sites (N-methyl/N-ethyl adjacent to an activating group) is 1. The number of rotatable bonds is 8. The lowest BCUT2D eigenvalue weighted by molar-refractivity contribution is -0.136. The molecule has 1 saturated heterocycles. The van der Waals surface area contributed by atoms with E-state index in [9.17, 15) is 4.79 Å². The van der Waals surface area contributed by atoms with Crippen LogP contribution in [0.5, 0.6) is 0 Å². The number of hydrogen-bond acceptors (Lipinski definition) is 3. The van der Waals surface area contributed by atoms with E-state index < -0.39 is 0 Å². The van der Waals surface area contributed by atoms with Crippen molar-refractivity contribution in [3.8, 4) is 0 Å². The van der Waals surface area contributed by atoms with Crippen molar-refractivity contribution in [2.45, 2.75) is 53.5 Å². The van der Waals surface area contributed by atoms with Crippen LogP contribution < -0.4 is 5.32 Å². The number of nitrogens with one attached hydrogen (secondary N) is 1. The fourth-order valence-electron chi connectivity index (χ4n) is 3.11. The van der Waals surface area contributed by atoms with Gasteiger partial charge in [-0.2, -0.15) is 0 Å². The van der Waals surface area contributed by atoms with Gasteiger partial charge >= 0.3 is 0 Å². The monoisotopic (exact) mass is 297 g/mol. The second-order valence-electron chi connectivity index (χ2n) is 6.76. The summed E-state index contributed by atoms with van der Waals surface area (Å²) in [7, 11) is 0.